The first-order valence-corrected chi connectivity index (χ1v) is 8.67. The molecule has 2 nitrogen and oxygen atoms in total. The van der Waals surface area contributed by atoms with E-state index in [2.05, 4.69) is 4.98 Å². The zero-order valence-corrected chi connectivity index (χ0v) is 14.5. The van der Waals surface area contributed by atoms with Gasteiger partial charge in [0.05, 0.1) is 5.38 Å². The van der Waals surface area contributed by atoms with Crippen molar-refractivity contribution in [3.63, 3.8) is 0 Å². The Bertz CT molecular complexity index is 1140. The molecule has 0 fully saturated rings. The average molecular weight is 364 g/mol. The highest BCUT2D eigenvalue weighted by Crippen LogP contribution is 2.33. The number of aromatic nitrogens is 1. The van der Waals surface area contributed by atoms with Gasteiger partial charge in [0, 0.05) is 17.0 Å². The Balaban J connectivity index is 1.89. The molecule has 0 spiro atoms. The molecule has 0 aliphatic rings. The van der Waals surface area contributed by atoms with E-state index < -0.39 is 5.38 Å². The summed E-state index contributed by atoms with van der Waals surface area (Å²) in [5.74, 6) is -0.316. The molecule has 1 unspecified atom stereocenters. The van der Waals surface area contributed by atoms with Crippen molar-refractivity contribution in [2.75, 3.05) is 0 Å². The fourth-order valence-electron chi connectivity index (χ4n) is 3.14. The van der Waals surface area contributed by atoms with Gasteiger partial charge in [-0.2, -0.15) is 0 Å². The maximum Gasteiger partial charge on any atom is 0.249 e. The molecule has 0 radical (unpaired) electrons. The third-order valence-electron chi connectivity index (χ3n) is 4.39. The number of rotatable bonds is 3. The van der Waals surface area contributed by atoms with Crippen molar-refractivity contribution in [1.29, 1.82) is 0 Å². The predicted octanol–water partition coefficient (Wildman–Crippen LogP) is 5.66. The van der Waals surface area contributed by atoms with Crippen molar-refractivity contribution >= 4 is 22.5 Å². The van der Waals surface area contributed by atoms with E-state index in [9.17, 15) is 9.18 Å². The second-order valence-corrected chi connectivity index (χ2v) is 6.57. The molecule has 0 bridgehead atoms. The summed E-state index contributed by atoms with van der Waals surface area (Å²) in [5.41, 5.74) is 3.91. The number of pyridine rings is 1. The minimum Gasteiger partial charge on any atom is -0.322 e. The van der Waals surface area contributed by atoms with Gasteiger partial charge in [-0.05, 0) is 46.5 Å². The van der Waals surface area contributed by atoms with Crippen LogP contribution >= 0.6 is 11.6 Å². The van der Waals surface area contributed by atoms with Crippen LogP contribution in [0.2, 0.25) is 0 Å². The molecule has 0 amide bonds. The van der Waals surface area contributed by atoms with Gasteiger partial charge in [-0.1, -0.05) is 48.5 Å². The molecular weight excluding hydrogens is 349 g/mol. The van der Waals surface area contributed by atoms with Gasteiger partial charge in [-0.3, -0.25) is 4.79 Å². The van der Waals surface area contributed by atoms with Crippen LogP contribution in [0.25, 0.3) is 22.0 Å². The molecule has 4 heteroatoms. The molecule has 1 aromatic heterocycles. The Hall–Kier alpha value is -2.91. The highest BCUT2D eigenvalue weighted by Gasteiger charge is 2.14. The van der Waals surface area contributed by atoms with Crippen LogP contribution in [0.3, 0.4) is 0 Å². The first kappa shape index (κ1) is 16.6. The molecule has 0 saturated heterocycles. The van der Waals surface area contributed by atoms with Gasteiger partial charge in [-0.15, -0.1) is 11.6 Å². The van der Waals surface area contributed by atoms with Crippen LogP contribution in [0.1, 0.15) is 16.5 Å². The summed E-state index contributed by atoms with van der Waals surface area (Å²) in [6.45, 7) is 0. The van der Waals surface area contributed by atoms with Crippen molar-refractivity contribution in [2.24, 2.45) is 0 Å². The lowest BCUT2D eigenvalue weighted by molar-refractivity contribution is 0.626. The van der Waals surface area contributed by atoms with Crippen molar-refractivity contribution < 1.29 is 4.39 Å². The van der Waals surface area contributed by atoms with E-state index in [0.717, 1.165) is 27.6 Å². The maximum atomic E-state index is 13.5. The molecule has 0 aliphatic heterocycles. The first-order valence-electron chi connectivity index (χ1n) is 8.24. The van der Waals surface area contributed by atoms with Crippen molar-refractivity contribution in [3.05, 3.63) is 106 Å². The lowest BCUT2D eigenvalue weighted by atomic mass is 9.97. The van der Waals surface area contributed by atoms with Crippen LogP contribution in [-0.4, -0.2) is 4.98 Å². The maximum absolute atomic E-state index is 13.5. The highest BCUT2D eigenvalue weighted by molar-refractivity contribution is 6.22. The summed E-state index contributed by atoms with van der Waals surface area (Å²) in [6.07, 6.45) is 0. The molecule has 4 aromatic rings. The average Bonchev–Trinajstić information content (AvgIpc) is 2.67. The SMILES string of the molecule is O=c1cc(-c2ccccc2)c2cc(C(Cl)c3cccc(F)c3)ccc2[nH]1. The minimum absolute atomic E-state index is 0.156. The van der Waals surface area contributed by atoms with Crippen LogP contribution in [0.4, 0.5) is 4.39 Å². The standard InChI is InChI=1S/C22H15ClFNO/c23-22(15-7-4-8-17(24)11-15)16-9-10-20-19(12-16)18(13-21(26)25-20)14-5-2-1-3-6-14/h1-13,22H,(H,25,26). The van der Waals surface area contributed by atoms with Crippen LogP contribution < -0.4 is 5.56 Å². The molecule has 1 N–H and O–H groups in total. The summed E-state index contributed by atoms with van der Waals surface area (Å²) >= 11 is 6.59. The van der Waals surface area contributed by atoms with E-state index in [-0.39, 0.29) is 11.4 Å². The molecule has 1 heterocycles. The van der Waals surface area contributed by atoms with E-state index in [1.807, 2.05) is 48.5 Å². The number of fused-ring (bicyclic) bond motifs is 1. The number of alkyl halides is 1. The van der Waals surface area contributed by atoms with Gasteiger partial charge >= 0.3 is 0 Å². The molecule has 1 atom stereocenters. The lowest BCUT2D eigenvalue weighted by Crippen LogP contribution is -2.05. The third-order valence-corrected chi connectivity index (χ3v) is 4.89. The highest BCUT2D eigenvalue weighted by atomic mass is 35.5. The molecule has 3 aromatic carbocycles. The van der Waals surface area contributed by atoms with Gasteiger partial charge in [0.15, 0.2) is 0 Å². The topological polar surface area (TPSA) is 32.9 Å². The molecule has 26 heavy (non-hydrogen) atoms. The van der Waals surface area contributed by atoms with Crippen LogP contribution in [0.15, 0.2) is 83.7 Å². The van der Waals surface area contributed by atoms with Gasteiger partial charge in [0.1, 0.15) is 5.82 Å². The quantitative estimate of drug-likeness (QED) is 0.468. The summed E-state index contributed by atoms with van der Waals surface area (Å²) < 4.78 is 13.5. The first-order chi connectivity index (χ1) is 12.6. The summed E-state index contributed by atoms with van der Waals surface area (Å²) in [4.78, 5) is 14.9. The van der Waals surface area contributed by atoms with Gasteiger partial charge in [0.2, 0.25) is 5.56 Å². The molecular formula is C22H15ClFNO. The Morgan fingerprint density at radius 2 is 1.62 bits per heavy atom. The van der Waals surface area contributed by atoms with Crippen molar-refractivity contribution in [2.45, 2.75) is 5.38 Å². The third kappa shape index (κ3) is 3.14. The second kappa shape index (κ2) is 6.77. The number of nitrogens with one attached hydrogen (secondary N) is 1. The van der Waals surface area contributed by atoms with Crippen LogP contribution in [0.5, 0.6) is 0 Å². The lowest BCUT2D eigenvalue weighted by Gasteiger charge is -2.13. The molecule has 128 valence electrons. The summed E-state index contributed by atoms with van der Waals surface area (Å²) in [6, 6.07) is 23.3. The van der Waals surface area contributed by atoms with Crippen molar-refractivity contribution in [3.8, 4) is 11.1 Å². The second-order valence-electron chi connectivity index (χ2n) is 6.14. The summed E-state index contributed by atoms with van der Waals surface area (Å²) in [5, 5.41) is 0.418. The van der Waals surface area contributed by atoms with E-state index in [1.54, 1.807) is 18.2 Å². The minimum atomic E-state index is -0.481. The number of hydrogen-bond donors (Lipinski definition) is 1. The zero-order chi connectivity index (χ0) is 18.1. The Morgan fingerprint density at radius 1 is 0.846 bits per heavy atom. The Morgan fingerprint density at radius 3 is 2.38 bits per heavy atom. The monoisotopic (exact) mass is 363 g/mol. The number of H-pyrrole nitrogens is 1. The van der Waals surface area contributed by atoms with E-state index in [0.29, 0.717) is 5.56 Å². The van der Waals surface area contributed by atoms with E-state index in [1.165, 1.54) is 12.1 Å². The number of hydrogen-bond acceptors (Lipinski definition) is 1. The predicted molar refractivity (Wildman–Crippen MR) is 104 cm³/mol. The Kier molecular flexibility index (Phi) is 4.31. The largest absolute Gasteiger partial charge is 0.322 e. The van der Waals surface area contributed by atoms with Crippen molar-refractivity contribution in [1.82, 2.24) is 4.98 Å². The van der Waals surface area contributed by atoms with Gasteiger partial charge in [-0.25, -0.2) is 4.39 Å². The number of aromatic amines is 1. The van der Waals surface area contributed by atoms with E-state index >= 15 is 0 Å². The summed E-state index contributed by atoms with van der Waals surface area (Å²) in [7, 11) is 0. The molecule has 0 saturated carbocycles. The van der Waals surface area contributed by atoms with Crippen LogP contribution in [-0.2, 0) is 0 Å². The fourth-order valence-corrected chi connectivity index (χ4v) is 3.41. The number of halogens is 2. The molecule has 0 aliphatic carbocycles. The fraction of sp³-hybridized carbons (Fsp3) is 0.0455. The smallest absolute Gasteiger partial charge is 0.249 e. The number of benzene rings is 3. The molecule has 4 rings (SSSR count). The van der Waals surface area contributed by atoms with Gasteiger partial charge in [0.25, 0.3) is 0 Å². The normalized spacial score (nSPS) is 12.2. The Labute approximate surface area is 154 Å². The van der Waals surface area contributed by atoms with Crippen LogP contribution in [0, 0.1) is 5.82 Å². The van der Waals surface area contributed by atoms with Gasteiger partial charge < -0.3 is 4.98 Å². The van der Waals surface area contributed by atoms with E-state index in [4.69, 9.17) is 11.6 Å². The zero-order valence-electron chi connectivity index (χ0n) is 13.7.